The summed E-state index contributed by atoms with van der Waals surface area (Å²) in [5.74, 6) is 0.573. The smallest absolute Gasteiger partial charge is 0.410 e. The highest BCUT2D eigenvalue weighted by Gasteiger charge is 2.28. The molecule has 0 aliphatic carbocycles. The number of nitrogens with zero attached hydrogens (tertiary/aromatic N) is 1. The molecule has 1 saturated heterocycles. The third kappa shape index (κ3) is 5.56. The summed E-state index contributed by atoms with van der Waals surface area (Å²) in [6, 6.07) is 10.0. The van der Waals surface area contributed by atoms with Crippen molar-refractivity contribution in [3.8, 4) is 0 Å². The van der Waals surface area contributed by atoms with Crippen LogP contribution in [0.3, 0.4) is 0 Å². The highest BCUT2D eigenvalue weighted by Crippen LogP contribution is 2.15. The second kappa shape index (κ2) is 8.90. The van der Waals surface area contributed by atoms with Gasteiger partial charge in [0.1, 0.15) is 6.61 Å². The minimum Gasteiger partial charge on any atom is -0.445 e. The van der Waals surface area contributed by atoms with E-state index < -0.39 is 0 Å². The van der Waals surface area contributed by atoms with Gasteiger partial charge in [0.15, 0.2) is 0 Å². The molecule has 4 nitrogen and oxygen atoms in total. The molecular formula is C16H25ClN2O2. The van der Waals surface area contributed by atoms with Gasteiger partial charge < -0.3 is 15.0 Å². The van der Waals surface area contributed by atoms with Crippen molar-refractivity contribution in [1.29, 1.82) is 0 Å². The molecule has 0 saturated carbocycles. The van der Waals surface area contributed by atoms with Gasteiger partial charge in [-0.2, -0.15) is 0 Å². The predicted molar refractivity (Wildman–Crippen MR) is 86.7 cm³/mol. The van der Waals surface area contributed by atoms with Crippen LogP contribution in [0.5, 0.6) is 0 Å². The lowest BCUT2D eigenvalue weighted by molar-refractivity contribution is 0.0674. The number of rotatable bonds is 4. The van der Waals surface area contributed by atoms with Crippen LogP contribution in [0.1, 0.15) is 25.8 Å². The Morgan fingerprint density at radius 3 is 2.76 bits per heavy atom. The molecule has 0 aromatic heterocycles. The van der Waals surface area contributed by atoms with Gasteiger partial charge in [-0.05, 0) is 17.9 Å². The first-order chi connectivity index (χ1) is 9.66. The molecule has 2 rings (SSSR count). The van der Waals surface area contributed by atoms with Crippen LogP contribution in [0.4, 0.5) is 4.79 Å². The Labute approximate surface area is 133 Å². The largest absolute Gasteiger partial charge is 0.445 e. The molecule has 1 unspecified atom stereocenters. The molecule has 1 heterocycles. The summed E-state index contributed by atoms with van der Waals surface area (Å²) in [6.45, 7) is 7.14. The minimum absolute atomic E-state index is 0. The fourth-order valence-electron chi connectivity index (χ4n) is 2.56. The van der Waals surface area contributed by atoms with Gasteiger partial charge in [-0.25, -0.2) is 4.79 Å². The zero-order chi connectivity index (χ0) is 14.4. The highest BCUT2D eigenvalue weighted by molar-refractivity contribution is 5.85. The summed E-state index contributed by atoms with van der Waals surface area (Å²) in [5.41, 5.74) is 1.02. The standard InChI is InChI=1S/C16H24N2O2.ClH/c1-13(2)10-15-11-17-8-9-18(15)16(19)20-12-14-6-4-3-5-7-14;/h3-7,13,15,17H,8-12H2,1-2H3;1H. The van der Waals surface area contributed by atoms with Crippen LogP contribution in [0, 0.1) is 5.92 Å². The lowest BCUT2D eigenvalue weighted by atomic mass is 10.0. The molecule has 1 aromatic rings. The third-order valence-electron chi connectivity index (χ3n) is 3.53. The number of ether oxygens (including phenoxy) is 1. The van der Waals surface area contributed by atoms with Crippen LogP contribution in [0.2, 0.25) is 0 Å². The van der Waals surface area contributed by atoms with Crippen molar-refractivity contribution in [2.24, 2.45) is 5.92 Å². The lowest BCUT2D eigenvalue weighted by Gasteiger charge is -2.36. The molecule has 1 N–H and O–H groups in total. The maximum atomic E-state index is 12.2. The topological polar surface area (TPSA) is 41.6 Å². The van der Waals surface area contributed by atoms with Crippen molar-refractivity contribution < 1.29 is 9.53 Å². The summed E-state index contributed by atoms with van der Waals surface area (Å²) < 4.78 is 5.44. The van der Waals surface area contributed by atoms with Gasteiger partial charge in [-0.15, -0.1) is 12.4 Å². The monoisotopic (exact) mass is 312 g/mol. The lowest BCUT2D eigenvalue weighted by Crippen LogP contribution is -2.54. The zero-order valence-electron chi connectivity index (χ0n) is 12.7. The van der Waals surface area contributed by atoms with Gasteiger partial charge in [-0.3, -0.25) is 0 Å². The first-order valence-corrected chi connectivity index (χ1v) is 7.35. The molecule has 1 amide bonds. The van der Waals surface area contributed by atoms with E-state index in [1.54, 1.807) is 0 Å². The van der Waals surface area contributed by atoms with E-state index in [9.17, 15) is 4.79 Å². The maximum Gasteiger partial charge on any atom is 0.410 e. The molecule has 21 heavy (non-hydrogen) atoms. The summed E-state index contributed by atoms with van der Waals surface area (Å²) in [7, 11) is 0. The van der Waals surface area contributed by atoms with Crippen LogP contribution in [-0.2, 0) is 11.3 Å². The Hall–Kier alpha value is -1.26. The van der Waals surface area contributed by atoms with Crippen LogP contribution in [-0.4, -0.2) is 36.7 Å². The number of hydrogen-bond donors (Lipinski definition) is 1. The second-order valence-electron chi connectivity index (χ2n) is 5.72. The first-order valence-electron chi connectivity index (χ1n) is 7.35. The summed E-state index contributed by atoms with van der Waals surface area (Å²) in [6.07, 6.45) is 0.814. The molecular weight excluding hydrogens is 288 g/mol. The Balaban J connectivity index is 0.00000220. The Morgan fingerprint density at radius 1 is 1.38 bits per heavy atom. The molecule has 0 spiro atoms. The van der Waals surface area contributed by atoms with Crippen molar-refractivity contribution in [2.75, 3.05) is 19.6 Å². The van der Waals surface area contributed by atoms with E-state index in [0.29, 0.717) is 12.5 Å². The SMILES string of the molecule is CC(C)CC1CNCCN1C(=O)OCc1ccccc1.Cl. The number of nitrogens with one attached hydrogen (secondary N) is 1. The van der Waals surface area contributed by atoms with E-state index >= 15 is 0 Å². The third-order valence-corrected chi connectivity index (χ3v) is 3.53. The van der Waals surface area contributed by atoms with E-state index in [4.69, 9.17) is 4.74 Å². The van der Waals surface area contributed by atoms with Gasteiger partial charge >= 0.3 is 6.09 Å². The van der Waals surface area contributed by atoms with Gasteiger partial charge in [-0.1, -0.05) is 44.2 Å². The molecule has 0 bridgehead atoms. The minimum atomic E-state index is -0.194. The van der Waals surface area contributed by atoms with E-state index in [1.165, 1.54) is 0 Å². The average Bonchev–Trinajstić information content (AvgIpc) is 2.46. The van der Waals surface area contributed by atoms with Crippen molar-refractivity contribution >= 4 is 18.5 Å². The number of piperazine rings is 1. The Morgan fingerprint density at radius 2 is 2.10 bits per heavy atom. The van der Waals surface area contributed by atoms with Crippen LogP contribution in [0.25, 0.3) is 0 Å². The number of carbonyl (C=O) groups excluding carboxylic acids is 1. The Kier molecular flexibility index (Phi) is 7.54. The second-order valence-corrected chi connectivity index (χ2v) is 5.72. The van der Waals surface area contributed by atoms with Crippen LogP contribution in [0.15, 0.2) is 30.3 Å². The highest BCUT2D eigenvalue weighted by atomic mass is 35.5. The summed E-state index contributed by atoms with van der Waals surface area (Å²) >= 11 is 0. The van der Waals surface area contributed by atoms with E-state index in [-0.39, 0.29) is 24.5 Å². The molecule has 1 fully saturated rings. The van der Waals surface area contributed by atoms with Gasteiger partial charge in [0.25, 0.3) is 0 Å². The molecule has 118 valence electrons. The van der Waals surface area contributed by atoms with E-state index in [0.717, 1.165) is 31.6 Å². The van der Waals surface area contributed by atoms with Crippen LogP contribution < -0.4 is 5.32 Å². The fourth-order valence-corrected chi connectivity index (χ4v) is 2.56. The first kappa shape index (κ1) is 17.8. The van der Waals surface area contributed by atoms with Gasteiger partial charge in [0.05, 0.1) is 0 Å². The molecule has 1 aliphatic rings. The van der Waals surface area contributed by atoms with Gasteiger partial charge in [0, 0.05) is 25.7 Å². The van der Waals surface area contributed by atoms with Crippen molar-refractivity contribution in [3.63, 3.8) is 0 Å². The number of benzene rings is 1. The number of halogens is 1. The summed E-state index contributed by atoms with van der Waals surface area (Å²) in [5, 5.41) is 3.35. The zero-order valence-corrected chi connectivity index (χ0v) is 13.6. The predicted octanol–water partition coefficient (Wildman–Crippen LogP) is 3.06. The van der Waals surface area contributed by atoms with Crippen molar-refractivity contribution in [1.82, 2.24) is 10.2 Å². The Bertz CT molecular complexity index is 426. The number of hydrogen-bond acceptors (Lipinski definition) is 3. The van der Waals surface area contributed by atoms with E-state index in [2.05, 4.69) is 19.2 Å². The maximum absolute atomic E-state index is 12.2. The van der Waals surface area contributed by atoms with Crippen molar-refractivity contribution in [2.45, 2.75) is 32.9 Å². The molecule has 1 aliphatic heterocycles. The molecule has 5 heteroatoms. The number of amides is 1. The van der Waals surface area contributed by atoms with E-state index in [1.807, 2.05) is 35.2 Å². The number of carbonyl (C=O) groups is 1. The summed E-state index contributed by atoms with van der Waals surface area (Å²) in [4.78, 5) is 14.1. The fraction of sp³-hybridized carbons (Fsp3) is 0.562. The molecule has 1 atom stereocenters. The van der Waals surface area contributed by atoms with Crippen molar-refractivity contribution in [3.05, 3.63) is 35.9 Å². The van der Waals surface area contributed by atoms with Gasteiger partial charge in [0.2, 0.25) is 0 Å². The normalized spacial score (nSPS) is 18.2. The molecule has 1 aromatic carbocycles. The molecule has 0 radical (unpaired) electrons. The average molecular weight is 313 g/mol. The quantitative estimate of drug-likeness (QED) is 0.929. The van der Waals surface area contributed by atoms with Crippen LogP contribution >= 0.6 is 12.4 Å².